The Hall–Kier alpha value is -1.64. The lowest BCUT2D eigenvalue weighted by Gasteiger charge is -2.11. The minimum absolute atomic E-state index is 0.148. The van der Waals surface area contributed by atoms with Crippen molar-refractivity contribution in [2.75, 3.05) is 6.61 Å². The van der Waals surface area contributed by atoms with Crippen LogP contribution in [0.5, 0.6) is 0 Å². The fraction of sp³-hybridized carbons (Fsp3) is 0.333. The van der Waals surface area contributed by atoms with Crippen molar-refractivity contribution in [3.8, 4) is 0 Å². The summed E-state index contributed by atoms with van der Waals surface area (Å²) in [5, 5.41) is 0. The molecule has 3 nitrogen and oxygen atoms in total. The quantitative estimate of drug-likeness (QED) is 0.560. The molecule has 0 saturated heterocycles. The van der Waals surface area contributed by atoms with Gasteiger partial charge >= 0.3 is 5.97 Å². The van der Waals surface area contributed by atoms with Crippen molar-refractivity contribution in [1.29, 1.82) is 0 Å². The van der Waals surface area contributed by atoms with Crippen LogP contribution in [0.25, 0.3) is 0 Å². The van der Waals surface area contributed by atoms with Crippen LogP contribution in [0.1, 0.15) is 35.7 Å². The maximum Gasteiger partial charge on any atom is 0.302 e. The Kier molecular flexibility index (Phi) is 4.03. The van der Waals surface area contributed by atoms with Crippen LogP contribution in [0, 0.1) is 0 Å². The van der Waals surface area contributed by atoms with Crippen LogP contribution in [0.15, 0.2) is 24.3 Å². The van der Waals surface area contributed by atoms with E-state index in [-0.39, 0.29) is 11.9 Å². The molecule has 0 fully saturated rings. The Morgan fingerprint density at radius 2 is 2.00 bits per heavy atom. The second-order valence-corrected chi connectivity index (χ2v) is 3.49. The Bertz CT molecular complexity index is 340. The standard InChI is InChI=1S/C12H14O3/c1-9(8-15-10(2)14)12-5-3-11(7-13)4-6-12/h3-7,9H,8H2,1-2H3. The molecule has 1 rings (SSSR count). The van der Waals surface area contributed by atoms with Crippen molar-refractivity contribution in [1.82, 2.24) is 0 Å². The highest BCUT2D eigenvalue weighted by Crippen LogP contribution is 2.15. The highest BCUT2D eigenvalue weighted by atomic mass is 16.5. The molecule has 15 heavy (non-hydrogen) atoms. The summed E-state index contributed by atoms with van der Waals surface area (Å²) in [4.78, 5) is 21.0. The van der Waals surface area contributed by atoms with E-state index in [0.29, 0.717) is 12.2 Å². The third-order valence-corrected chi connectivity index (χ3v) is 2.18. The van der Waals surface area contributed by atoms with E-state index in [9.17, 15) is 9.59 Å². The van der Waals surface area contributed by atoms with Crippen molar-refractivity contribution < 1.29 is 14.3 Å². The molecule has 0 aliphatic heterocycles. The van der Waals surface area contributed by atoms with Gasteiger partial charge in [0.2, 0.25) is 0 Å². The molecule has 0 amide bonds. The third-order valence-electron chi connectivity index (χ3n) is 2.18. The first kappa shape index (κ1) is 11.4. The fourth-order valence-electron chi connectivity index (χ4n) is 1.24. The van der Waals surface area contributed by atoms with E-state index in [1.807, 2.05) is 19.1 Å². The largest absolute Gasteiger partial charge is 0.465 e. The number of aldehydes is 1. The number of ether oxygens (including phenoxy) is 1. The summed E-state index contributed by atoms with van der Waals surface area (Å²) in [7, 11) is 0. The van der Waals surface area contributed by atoms with Gasteiger partial charge < -0.3 is 4.74 Å². The van der Waals surface area contributed by atoms with E-state index < -0.39 is 0 Å². The summed E-state index contributed by atoms with van der Waals surface area (Å²) in [6.07, 6.45) is 0.806. The molecule has 0 N–H and O–H groups in total. The average molecular weight is 206 g/mol. The zero-order valence-electron chi connectivity index (χ0n) is 8.90. The van der Waals surface area contributed by atoms with E-state index in [0.717, 1.165) is 11.8 Å². The Labute approximate surface area is 89.1 Å². The molecule has 0 aliphatic carbocycles. The third kappa shape index (κ3) is 3.54. The van der Waals surface area contributed by atoms with E-state index in [1.54, 1.807) is 12.1 Å². The molecular weight excluding hydrogens is 192 g/mol. The molecule has 1 atom stereocenters. The number of rotatable bonds is 4. The van der Waals surface area contributed by atoms with Crippen LogP contribution in [0.4, 0.5) is 0 Å². The Morgan fingerprint density at radius 3 is 2.47 bits per heavy atom. The molecule has 0 aromatic heterocycles. The van der Waals surface area contributed by atoms with Crippen LogP contribution >= 0.6 is 0 Å². The van der Waals surface area contributed by atoms with Gasteiger partial charge in [0.05, 0.1) is 6.61 Å². The molecule has 80 valence electrons. The van der Waals surface area contributed by atoms with Gasteiger partial charge in [-0.2, -0.15) is 0 Å². The minimum atomic E-state index is -0.272. The van der Waals surface area contributed by atoms with Crippen molar-refractivity contribution in [2.24, 2.45) is 0 Å². The van der Waals surface area contributed by atoms with Gasteiger partial charge in [-0.15, -0.1) is 0 Å². The number of carbonyl (C=O) groups is 2. The first-order valence-electron chi connectivity index (χ1n) is 4.82. The van der Waals surface area contributed by atoms with Crippen LogP contribution in [-0.2, 0) is 9.53 Å². The molecule has 0 aliphatic rings. The molecular formula is C12H14O3. The first-order valence-corrected chi connectivity index (χ1v) is 4.82. The summed E-state index contributed by atoms with van der Waals surface area (Å²) in [6, 6.07) is 7.26. The lowest BCUT2D eigenvalue weighted by molar-refractivity contribution is -0.141. The molecule has 0 saturated carbocycles. The van der Waals surface area contributed by atoms with Crippen molar-refractivity contribution in [3.05, 3.63) is 35.4 Å². The smallest absolute Gasteiger partial charge is 0.302 e. The van der Waals surface area contributed by atoms with Crippen molar-refractivity contribution >= 4 is 12.3 Å². The summed E-state index contributed by atoms with van der Waals surface area (Å²) >= 11 is 0. The van der Waals surface area contributed by atoms with Crippen LogP contribution in [0.2, 0.25) is 0 Å². The van der Waals surface area contributed by atoms with Crippen molar-refractivity contribution in [2.45, 2.75) is 19.8 Å². The fourth-order valence-corrected chi connectivity index (χ4v) is 1.24. The van der Waals surface area contributed by atoms with Gasteiger partial charge in [0, 0.05) is 18.4 Å². The van der Waals surface area contributed by atoms with E-state index in [4.69, 9.17) is 4.74 Å². The summed E-state index contributed by atoms with van der Waals surface area (Å²) in [5.74, 6) is -0.124. The maximum atomic E-state index is 10.6. The molecule has 1 aromatic carbocycles. The van der Waals surface area contributed by atoms with Gasteiger partial charge in [-0.1, -0.05) is 31.2 Å². The molecule has 0 heterocycles. The van der Waals surface area contributed by atoms with E-state index >= 15 is 0 Å². The molecule has 3 heteroatoms. The molecule has 0 spiro atoms. The number of carbonyl (C=O) groups excluding carboxylic acids is 2. The van der Waals surface area contributed by atoms with Gasteiger partial charge in [-0.3, -0.25) is 9.59 Å². The highest BCUT2D eigenvalue weighted by Gasteiger charge is 2.06. The molecule has 0 radical (unpaired) electrons. The predicted molar refractivity (Wildman–Crippen MR) is 56.9 cm³/mol. The summed E-state index contributed by atoms with van der Waals surface area (Å²) in [5.41, 5.74) is 1.71. The average Bonchev–Trinajstić information content (AvgIpc) is 2.26. The maximum absolute atomic E-state index is 10.6. The van der Waals surface area contributed by atoms with Gasteiger partial charge in [0.1, 0.15) is 6.29 Å². The molecule has 0 bridgehead atoms. The number of esters is 1. The van der Waals surface area contributed by atoms with E-state index in [2.05, 4.69) is 0 Å². The zero-order chi connectivity index (χ0) is 11.3. The lowest BCUT2D eigenvalue weighted by atomic mass is 10.0. The monoisotopic (exact) mass is 206 g/mol. The van der Waals surface area contributed by atoms with Crippen LogP contribution < -0.4 is 0 Å². The number of hydrogen-bond donors (Lipinski definition) is 0. The van der Waals surface area contributed by atoms with Crippen LogP contribution in [0.3, 0.4) is 0 Å². The van der Waals surface area contributed by atoms with Gasteiger partial charge in [0.15, 0.2) is 0 Å². The summed E-state index contributed by atoms with van der Waals surface area (Å²) < 4.78 is 4.91. The Balaban J connectivity index is 2.61. The van der Waals surface area contributed by atoms with Gasteiger partial charge in [0.25, 0.3) is 0 Å². The normalized spacial score (nSPS) is 11.9. The van der Waals surface area contributed by atoms with Crippen molar-refractivity contribution in [3.63, 3.8) is 0 Å². The predicted octanol–water partition coefficient (Wildman–Crippen LogP) is 2.17. The lowest BCUT2D eigenvalue weighted by Crippen LogP contribution is -2.07. The molecule has 1 aromatic rings. The zero-order valence-corrected chi connectivity index (χ0v) is 8.90. The highest BCUT2D eigenvalue weighted by molar-refractivity contribution is 5.74. The first-order chi connectivity index (χ1) is 7.13. The minimum Gasteiger partial charge on any atom is -0.465 e. The van der Waals surface area contributed by atoms with E-state index in [1.165, 1.54) is 6.92 Å². The van der Waals surface area contributed by atoms with Gasteiger partial charge in [-0.25, -0.2) is 0 Å². The SMILES string of the molecule is CC(=O)OCC(C)c1ccc(C=O)cc1. The second-order valence-electron chi connectivity index (χ2n) is 3.49. The van der Waals surface area contributed by atoms with Crippen LogP contribution in [-0.4, -0.2) is 18.9 Å². The van der Waals surface area contributed by atoms with Gasteiger partial charge in [-0.05, 0) is 5.56 Å². The Morgan fingerprint density at radius 1 is 1.40 bits per heavy atom. The second kappa shape index (κ2) is 5.29. The number of hydrogen-bond acceptors (Lipinski definition) is 3. The molecule has 1 unspecified atom stereocenters. The topological polar surface area (TPSA) is 43.4 Å². The number of benzene rings is 1. The summed E-state index contributed by atoms with van der Waals surface area (Å²) in [6.45, 7) is 3.73.